The van der Waals surface area contributed by atoms with Crippen LogP contribution in [0.4, 0.5) is 0 Å². The van der Waals surface area contributed by atoms with E-state index in [0.29, 0.717) is 29.2 Å². The molecule has 0 unspecified atom stereocenters. The molecule has 6 nitrogen and oxygen atoms in total. The molecule has 28 heavy (non-hydrogen) atoms. The Labute approximate surface area is 170 Å². The number of hydrogen-bond acceptors (Lipinski definition) is 5. The molecule has 0 saturated heterocycles. The Kier molecular flexibility index (Phi) is 7.54. The standard InChI is InChI=1S/C21H28N4O2S/c1-3-13-25-20(17-11-7-8-12-18(17)27-2)23-24-21(25)28-15-19(26)22-14-16-9-5-4-6-10-16/h3,7-8,11-12,16H,1,4-6,9-10,13-15H2,2H3,(H,22,26). The van der Waals surface area contributed by atoms with E-state index < -0.39 is 0 Å². The van der Waals surface area contributed by atoms with Gasteiger partial charge in [-0.1, -0.05) is 49.2 Å². The van der Waals surface area contributed by atoms with Crippen molar-refractivity contribution in [3.05, 3.63) is 36.9 Å². The maximum atomic E-state index is 12.3. The first kappa shape index (κ1) is 20.5. The van der Waals surface area contributed by atoms with Gasteiger partial charge < -0.3 is 10.1 Å². The third kappa shape index (κ3) is 5.16. The molecule has 0 atom stereocenters. The fraction of sp³-hybridized carbons (Fsp3) is 0.476. The topological polar surface area (TPSA) is 69.0 Å². The van der Waals surface area contributed by atoms with Crippen molar-refractivity contribution in [2.45, 2.75) is 43.8 Å². The molecule has 1 heterocycles. The SMILES string of the molecule is C=CCn1c(SCC(=O)NCC2CCCCC2)nnc1-c1ccccc1OC. The molecule has 150 valence electrons. The number of thioether (sulfide) groups is 1. The minimum absolute atomic E-state index is 0.0440. The summed E-state index contributed by atoms with van der Waals surface area (Å²) in [6.07, 6.45) is 8.15. The first-order valence-electron chi connectivity index (χ1n) is 9.80. The van der Waals surface area contributed by atoms with Gasteiger partial charge in [0.25, 0.3) is 0 Å². The Bertz CT molecular complexity index is 799. The van der Waals surface area contributed by atoms with Crippen LogP contribution in [0.3, 0.4) is 0 Å². The highest BCUT2D eigenvalue weighted by Crippen LogP contribution is 2.31. The fourth-order valence-corrected chi connectivity index (χ4v) is 4.33. The maximum absolute atomic E-state index is 12.3. The molecule has 0 aliphatic heterocycles. The summed E-state index contributed by atoms with van der Waals surface area (Å²) in [6.45, 7) is 5.18. The summed E-state index contributed by atoms with van der Waals surface area (Å²) in [6, 6.07) is 7.71. The number of allylic oxidation sites excluding steroid dienone is 1. The Hall–Kier alpha value is -2.28. The summed E-state index contributed by atoms with van der Waals surface area (Å²) < 4.78 is 7.41. The smallest absolute Gasteiger partial charge is 0.230 e. The minimum atomic E-state index is 0.0440. The zero-order chi connectivity index (χ0) is 19.8. The second-order valence-electron chi connectivity index (χ2n) is 7.00. The van der Waals surface area contributed by atoms with Gasteiger partial charge in [-0.3, -0.25) is 9.36 Å². The van der Waals surface area contributed by atoms with Crippen LogP contribution in [-0.2, 0) is 11.3 Å². The van der Waals surface area contributed by atoms with Gasteiger partial charge in [0.1, 0.15) is 5.75 Å². The number of benzene rings is 1. The van der Waals surface area contributed by atoms with Crippen LogP contribution in [0.5, 0.6) is 5.75 Å². The van der Waals surface area contributed by atoms with Crippen LogP contribution in [0.1, 0.15) is 32.1 Å². The van der Waals surface area contributed by atoms with Crippen LogP contribution in [0.25, 0.3) is 11.4 Å². The number of nitrogens with zero attached hydrogens (tertiary/aromatic N) is 3. The highest BCUT2D eigenvalue weighted by molar-refractivity contribution is 7.99. The van der Waals surface area contributed by atoms with E-state index in [1.807, 2.05) is 28.8 Å². The third-order valence-electron chi connectivity index (χ3n) is 5.02. The molecule has 2 aromatic rings. The molecule has 1 aliphatic rings. The summed E-state index contributed by atoms with van der Waals surface area (Å²) in [4.78, 5) is 12.3. The van der Waals surface area contributed by atoms with Crippen LogP contribution in [0.2, 0.25) is 0 Å². The average Bonchev–Trinajstić information content (AvgIpc) is 3.14. The van der Waals surface area contributed by atoms with E-state index in [0.717, 1.165) is 17.9 Å². The van der Waals surface area contributed by atoms with Crippen LogP contribution in [0.15, 0.2) is 42.1 Å². The second kappa shape index (κ2) is 10.3. The largest absolute Gasteiger partial charge is 0.496 e. The van der Waals surface area contributed by atoms with Crippen molar-refractivity contribution in [2.24, 2.45) is 5.92 Å². The average molecular weight is 401 g/mol. The van der Waals surface area contributed by atoms with E-state index in [1.54, 1.807) is 13.2 Å². The lowest BCUT2D eigenvalue weighted by Crippen LogP contribution is -2.31. The predicted molar refractivity (Wildman–Crippen MR) is 113 cm³/mol. The molecule has 3 rings (SSSR count). The lowest BCUT2D eigenvalue weighted by molar-refractivity contribution is -0.118. The van der Waals surface area contributed by atoms with Gasteiger partial charge in [-0.2, -0.15) is 0 Å². The number of amides is 1. The number of ether oxygens (including phenoxy) is 1. The van der Waals surface area contributed by atoms with Crippen LogP contribution in [0, 0.1) is 5.92 Å². The lowest BCUT2D eigenvalue weighted by Gasteiger charge is -2.21. The van der Waals surface area contributed by atoms with Crippen molar-refractivity contribution in [3.8, 4) is 17.1 Å². The van der Waals surface area contributed by atoms with E-state index in [2.05, 4.69) is 22.1 Å². The molecule has 0 radical (unpaired) electrons. The van der Waals surface area contributed by atoms with Crippen molar-refractivity contribution >= 4 is 17.7 Å². The summed E-state index contributed by atoms with van der Waals surface area (Å²) in [5.74, 6) is 2.45. The zero-order valence-electron chi connectivity index (χ0n) is 16.4. The van der Waals surface area contributed by atoms with Gasteiger partial charge in [0.2, 0.25) is 5.91 Å². The van der Waals surface area contributed by atoms with Crippen molar-refractivity contribution in [3.63, 3.8) is 0 Å². The highest BCUT2D eigenvalue weighted by atomic mass is 32.2. The number of hydrogen-bond donors (Lipinski definition) is 1. The molecular weight excluding hydrogens is 372 g/mol. The first-order valence-corrected chi connectivity index (χ1v) is 10.8. The van der Waals surface area contributed by atoms with Gasteiger partial charge in [0, 0.05) is 13.1 Å². The van der Waals surface area contributed by atoms with Gasteiger partial charge >= 0.3 is 0 Å². The van der Waals surface area contributed by atoms with Crippen LogP contribution >= 0.6 is 11.8 Å². The minimum Gasteiger partial charge on any atom is -0.496 e. The molecule has 1 aromatic heterocycles. The summed E-state index contributed by atoms with van der Waals surface area (Å²) in [5.41, 5.74) is 0.868. The molecular formula is C21H28N4O2S. The maximum Gasteiger partial charge on any atom is 0.230 e. The van der Waals surface area contributed by atoms with Crippen molar-refractivity contribution < 1.29 is 9.53 Å². The van der Waals surface area contributed by atoms with E-state index in [4.69, 9.17) is 4.74 Å². The van der Waals surface area contributed by atoms with Gasteiger partial charge in [-0.15, -0.1) is 16.8 Å². The van der Waals surface area contributed by atoms with Crippen molar-refractivity contribution in [1.82, 2.24) is 20.1 Å². The van der Waals surface area contributed by atoms with Crippen molar-refractivity contribution in [1.29, 1.82) is 0 Å². The lowest BCUT2D eigenvalue weighted by atomic mass is 9.89. The first-order chi connectivity index (χ1) is 13.7. The molecule has 0 bridgehead atoms. The second-order valence-corrected chi connectivity index (χ2v) is 7.95. The van der Waals surface area contributed by atoms with Crippen molar-refractivity contribution in [2.75, 3.05) is 19.4 Å². The zero-order valence-corrected chi connectivity index (χ0v) is 17.2. The number of aromatic nitrogens is 3. The Morgan fingerprint density at radius 2 is 2.11 bits per heavy atom. The van der Waals surface area contributed by atoms with Gasteiger partial charge in [-0.05, 0) is 30.9 Å². The quantitative estimate of drug-likeness (QED) is 0.510. The van der Waals surface area contributed by atoms with Crippen LogP contribution in [-0.4, -0.2) is 40.1 Å². The molecule has 1 aliphatic carbocycles. The van der Waals surface area contributed by atoms with Crippen LogP contribution < -0.4 is 10.1 Å². The Morgan fingerprint density at radius 1 is 1.32 bits per heavy atom. The van der Waals surface area contributed by atoms with E-state index in [9.17, 15) is 4.79 Å². The summed E-state index contributed by atoms with van der Waals surface area (Å²) >= 11 is 1.40. The molecule has 0 spiro atoms. The number of carbonyl (C=O) groups is 1. The Balaban J connectivity index is 1.64. The number of carbonyl (C=O) groups excluding carboxylic acids is 1. The third-order valence-corrected chi connectivity index (χ3v) is 5.99. The molecule has 1 saturated carbocycles. The molecule has 1 N–H and O–H groups in total. The molecule has 1 aromatic carbocycles. The van der Waals surface area contributed by atoms with E-state index in [1.165, 1.54) is 43.9 Å². The van der Waals surface area contributed by atoms with Gasteiger partial charge in [-0.25, -0.2) is 0 Å². The van der Waals surface area contributed by atoms with E-state index >= 15 is 0 Å². The number of para-hydroxylation sites is 1. The van der Waals surface area contributed by atoms with Gasteiger partial charge in [0.15, 0.2) is 11.0 Å². The monoisotopic (exact) mass is 400 g/mol. The number of rotatable bonds is 9. The normalized spacial score (nSPS) is 14.6. The predicted octanol–water partition coefficient (Wildman–Crippen LogP) is 3.93. The molecule has 1 amide bonds. The number of methoxy groups -OCH3 is 1. The van der Waals surface area contributed by atoms with E-state index in [-0.39, 0.29) is 5.91 Å². The number of nitrogens with one attached hydrogen (secondary N) is 1. The highest BCUT2D eigenvalue weighted by Gasteiger charge is 2.18. The molecule has 7 heteroatoms. The Morgan fingerprint density at radius 3 is 2.86 bits per heavy atom. The molecule has 1 fully saturated rings. The summed E-state index contributed by atoms with van der Waals surface area (Å²) in [5, 5.41) is 12.4. The van der Waals surface area contributed by atoms with Gasteiger partial charge in [0.05, 0.1) is 18.4 Å². The fourth-order valence-electron chi connectivity index (χ4n) is 3.55. The summed E-state index contributed by atoms with van der Waals surface area (Å²) in [7, 11) is 1.64.